The van der Waals surface area contributed by atoms with Crippen molar-refractivity contribution < 1.29 is 18.9 Å². The SMILES string of the molecule is CCOC(=O)C1=C(C)N=c2s/c(=C\c3ccc(-c4cc(C)c(C)c([N+](=O)[O-])c4)o3)c(=O)n2C1c1cccs1. The lowest BCUT2D eigenvalue weighted by molar-refractivity contribution is -0.385. The van der Waals surface area contributed by atoms with E-state index in [2.05, 4.69) is 4.99 Å². The van der Waals surface area contributed by atoms with Crippen LogP contribution in [0.2, 0.25) is 0 Å². The van der Waals surface area contributed by atoms with Gasteiger partial charge in [-0.3, -0.25) is 19.5 Å². The number of nitrogens with zero attached hydrogens (tertiary/aromatic N) is 3. The van der Waals surface area contributed by atoms with Gasteiger partial charge in [-0.05, 0) is 62.9 Å². The third kappa shape index (κ3) is 4.44. The Morgan fingerprint density at radius 3 is 2.74 bits per heavy atom. The molecular weight excluding hydrogens is 526 g/mol. The highest BCUT2D eigenvalue weighted by Crippen LogP contribution is 2.33. The standard InChI is InChI=1S/C27H23N3O6S2/c1-5-35-26(32)23-16(4)28-27-29(24(23)21-7-6-10-37-21)25(31)22(38-27)13-18-8-9-20(36-18)17-11-14(2)15(3)19(12-17)30(33)34/h6-13,24H,5H2,1-4H3/b22-13-. The maximum absolute atomic E-state index is 13.6. The third-order valence-electron chi connectivity index (χ3n) is 6.35. The number of carbonyl (C=O) groups excluding carboxylic acids is 1. The number of furan rings is 1. The number of fused-ring (bicyclic) bond motifs is 1. The van der Waals surface area contributed by atoms with Crippen molar-refractivity contribution in [1.82, 2.24) is 4.57 Å². The fraction of sp³-hybridized carbons (Fsp3) is 0.222. The molecule has 0 saturated carbocycles. The van der Waals surface area contributed by atoms with Gasteiger partial charge in [-0.2, -0.15) is 0 Å². The average Bonchev–Trinajstić information content (AvgIpc) is 3.62. The van der Waals surface area contributed by atoms with E-state index in [4.69, 9.17) is 9.15 Å². The van der Waals surface area contributed by atoms with Crippen molar-refractivity contribution in [3.05, 3.63) is 105 Å². The van der Waals surface area contributed by atoms with Crippen molar-refractivity contribution in [2.45, 2.75) is 33.7 Å². The highest BCUT2D eigenvalue weighted by atomic mass is 32.1. The molecule has 1 atom stereocenters. The fourth-order valence-corrected chi connectivity index (χ4v) is 6.25. The van der Waals surface area contributed by atoms with Gasteiger partial charge in [0.15, 0.2) is 4.80 Å². The minimum absolute atomic E-state index is 0.0209. The quantitative estimate of drug-likeness (QED) is 0.196. The number of nitro benzene ring substituents is 1. The molecule has 1 unspecified atom stereocenters. The Labute approximate surface area is 224 Å². The molecule has 1 aromatic carbocycles. The first-order chi connectivity index (χ1) is 18.2. The summed E-state index contributed by atoms with van der Waals surface area (Å²) in [4.78, 5) is 43.4. The number of nitro groups is 1. The molecule has 0 saturated heterocycles. The number of aryl methyl sites for hydroxylation is 1. The molecule has 4 heterocycles. The second kappa shape index (κ2) is 9.99. The molecule has 0 spiro atoms. The van der Waals surface area contributed by atoms with E-state index in [1.54, 1.807) is 39.0 Å². The van der Waals surface area contributed by atoms with Crippen LogP contribution in [0.25, 0.3) is 17.4 Å². The summed E-state index contributed by atoms with van der Waals surface area (Å²) in [6.45, 7) is 7.21. The molecule has 0 amide bonds. The van der Waals surface area contributed by atoms with Crippen LogP contribution in [0, 0.1) is 24.0 Å². The Kier molecular flexibility index (Phi) is 6.72. The Morgan fingerprint density at radius 1 is 1.26 bits per heavy atom. The monoisotopic (exact) mass is 549 g/mol. The van der Waals surface area contributed by atoms with E-state index in [0.717, 1.165) is 10.4 Å². The van der Waals surface area contributed by atoms with Crippen molar-refractivity contribution in [2.24, 2.45) is 4.99 Å². The molecule has 3 aromatic heterocycles. The maximum atomic E-state index is 13.6. The largest absolute Gasteiger partial charge is 0.463 e. The zero-order chi connectivity index (χ0) is 27.1. The Balaban J connectivity index is 1.60. The summed E-state index contributed by atoms with van der Waals surface area (Å²) >= 11 is 2.65. The van der Waals surface area contributed by atoms with E-state index >= 15 is 0 Å². The zero-order valence-corrected chi connectivity index (χ0v) is 22.6. The van der Waals surface area contributed by atoms with Crippen LogP contribution in [0.3, 0.4) is 0 Å². The number of aromatic nitrogens is 1. The van der Waals surface area contributed by atoms with Crippen LogP contribution in [-0.2, 0) is 9.53 Å². The van der Waals surface area contributed by atoms with Gasteiger partial charge in [-0.25, -0.2) is 9.79 Å². The van der Waals surface area contributed by atoms with Gasteiger partial charge in [0, 0.05) is 28.1 Å². The van der Waals surface area contributed by atoms with Gasteiger partial charge < -0.3 is 9.15 Å². The number of hydrogen-bond donors (Lipinski definition) is 0. The predicted octanol–water partition coefficient (Wildman–Crippen LogP) is 4.64. The zero-order valence-electron chi connectivity index (χ0n) is 21.0. The Morgan fingerprint density at radius 2 is 2.05 bits per heavy atom. The van der Waals surface area contributed by atoms with Crippen LogP contribution in [0.4, 0.5) is 5.69 Å². The Bertz CT molecular complexity index is 1790. The van der Waals surface area contributed by atoms with Gasteiger partial charge in [0.1, 0.15) is 17.6 Å². The number of esters is 1. The lowest BCUT2D eigenvalue weighted by atomic mass is 10.0. The second-order valence-corrected chi connectivity index (χ2v) is 10.7. The number of carbonyl (C=O) groups is 1. The maximum Gasteiger partial charge on any atom is 0.338 e. The van der Waals surface area contributed by atoms with E-state index < -0.39 is 16.9 Å². The number of hydrogen-bond acceptors (Lipinski definition) is 9. The van der Waals surface area contributed by atoms with Crippen LogP contribution in [-0.4, -0.2) is 22.1 Å². The topological polar surface area (TPSA) is 117 Å². The van der Waals surface area contributed by atoms with Gasteiger partial charge in [0.25, 0.3) is 11.2 Å². The Hall–Kier alpha value is -4.09. The average molecular weight is 550 g/mol. The predicted molar refractivity (Wildman–Crippen MR) is 145 cm³/mol. The summed E-state index contributed by atoms with van der Waals surface area (Å²) in [5.74, 6) is 0.367. The molecule has 11 heteroatoms. The van der Waals surface area contributed by atoms with Crippen molar-refractivity contribution in [2.75, 3.05) is 6.61 Å². The van der Waals surface area contributed by atoms with E-state index in [9.17, 15) is 19.7 Å². The van der Waals surface area contributed by atoms with Crippen LogP contribution < -0.4 is 14.9 Å². The molecule has 0 aliphatic carbocycles. The number of benzene rings is 1. The minimum Gasteiger partial charge on any atom is -0.463 e. The summed E-state index contributed by atoms with van der Waals surface area (Å²) in [5.41, 5.74) is 2.52. The van der Waals surface area contributed by atoms with Gasteiger partial charge in [-0.1, -0.05) is 17.4 Å². The number of ether oxygens (including phenoxy) is 1. The molecule has 0 radical (unpaired) electrons. The smallest absolute Gasteiger partial charge is 0.338 e. The molecule has 194 valence electrons. The van der Waals surface area contributed by atoms with Gasteiger partial charge in [-0.15, -0.1) is 11.3 Å². The molecule has 1 aliphatic heterocycles. The molecule has 9 nitrogen and oxygen atoms in total. The number of allylic oxidation sites excluding steroid dienone is 1. The summed E-state index contributed by atoms with van der Waals surface area (Å²) in [7, 11) is 0. The van der Waals surface area contributed by atoms with Crippen molar-refractivity contribution in [3.63, 3.8) is 0 Å². The van der Waals surface area contributed by atoms with Crippen LogP contribution in [0.1, 0.15) is 41.7 Å². The molecule has 0 N–H and O–H groups in total. The van der Waals surface area contributed by atoms with Crippen molar-refractivity contribution >= 4 is 40.4 Å². The lowest BCUT2D eigenvalue weighted by Gasteiger charge is -2.23. The van der Waals surface area contributed by atoms with Crippen LogP contribution in [0.5, 0.6) is 0 Å². The molecule has 4 aromatic rings. The van der Waals surface area contributed by atoms with E-state index in [-0.39, 0.29) is 17.9 Å². The van der Waals surface area contributed by atoms with Gasteiger partial charge >= 0.3 is 5.97 Å². The summed E-state index contributed by atoms with van der Waals surface area (Å²) in [6.07, 6.45) is 1.62. The van der Waals surface area contributed by atoms with Crippen LogP contribution in [0.15, 0.2) is 67.3 Å². The first-order valence-electron chi connectivity index (χ1n) is 11.8. The summed E-state index contributed by atoms with van der Waals surface area (Å²) in [6, 6.07) is 9.85. The summed E-state index contributed by atoms with van der Waals surface area (Å²) in [5, 5.41) is 13.4. The number of thiazole rings is 1. The van der Waals surface area contributed by atoms with Crippen molar-refractivity contribution in [1.29, 1.82) is 0 Å². The van der Waals surface area contributed by atoms with Gasteiger partial charge in [0.2, 0.25) is 0 Å². The highest BCUT2D eigenvalue weighted by molar-refractivity contribution is 7.10. The van der Waals surface area contributed by atoms with Gasteiger partial charge in [0.05, 0.1) is 27.3 Å². The molecular formula is C27H23N3O6S2. The minimum atomic E-state index is -0.643. The number of thiophene rings is 1. The molecule has 0 fully saturated rings. The molecule has 5 rings (SSSR count). The van der Waals surface area contributed by atoms with Crippen LogP contribution >= 0.6 is 22.7 Å². The molecule has 1 aliphatic rings. The first-order valence-corrected chi connectivity index (χ1v) is 13.5. The first kappa shape index (κ1) is 25.6. The van der Waals surface area contributed by atoms with E-state index in [1.807, 2.05) is 30.5 Å². The highest BCUT2D eigenvalue weighted by Gasteiger charge is 2.34. The van der Waals surface area contributed by atoms with E-state index in [0.29, 0.717) is 43.3 Å². The summed E-state index contributed by atoms with van der Waals surface area (Å²) < 4.78 is 13.2. The molecule has 38 heavy (non-hydrogen) atoms. The number of rotatable bonds is 6. The van der Waals surface area contributed by atoms with E-state index in [1.165, 1.54) is 33.3 Å². The fourth-order valence-electron chi connectivity index (χ4n) is 4.39. The lowest BCUT2D eigenvalue weighted by Crippen LogP contribution is -2.39. The normalized spacial score (nSPS) is 15.4. The molecule has 0 bridgehead atoms. The second-order valence-electron chi connectivity index (χ2n) is 8.71. The third-order valence-corrected chi connectivity index (χ3v) is 8.26. The van der Waals surface area contributed by atoms with Crippen molar-refractivity contribution in [3.8, 4) is 11.3 Å².